The van der Waals surface area contributed by atoms with Crippen molar-refractivity contribution in [2.45, 2.75) is 63.3 Å². The highest BCUT2D eigenvalue weighted by Crippen LogP contribution is 2.46. The maximum absolute atomic E-state index is 14.2. The van der Waals surface area contributed by atoms with Crippen LogP contribution in [0.2, 0.25) is 0 Å². The molecule has 0 radical (unpaired) electrons. The van der Waals surface area contributed by atoms with Gasteiger partial charge in [0.1, 0.15) is 5.69 Å². The SMILES string of the molecule is COc1cc2c(cc1OC(C)C)-c1c(-c3cccs3)cc(C(=O)N3CCCN(C(=O)C4(SC)CCC4)CC3)n1CC2. The Morgan fingerprint density at radius 3 is 2.41 bits per heavy atom. The van der Waals surface area contributed by atoms with E-state index in [1.807, 2.05) is 23.6 Å². The van der Waals surface area contributed by atoms with Crippen LogP contribution in [0.4, 0.5) is 0 Å². The van der Waals surface area contributed by atoms with Crippen LogP contribution in [0.3, 0.4) is 0 Å². The largest absolute Gasteiger partial charge is 0.493 e. The molecule has 9 heteroatoms. The standard InChI is InChI=1S/C32H39N3O4S2/c1-21(2)39-27-20-23-22(18-26(27)38-3)9-14-35-25(19-24(29(23)35)28-8-5-17-41-28)30(36)33-12-7-13-34(16-15-33)31(37)32(40-4)10-6-11-32/h5,8,17-21H,6-7,9-16H2,1-4H3. The Labute approximate surface area is 250 Å². The van der Waals surface area contributed by atoms with Crippen LogP contribution in [0.1, 0.15) is 55.6 Å². The van der Waals surface area contributed by atoms with E-state index in [9.17, 15) is 9.59 Å². The number of thiophene rings is 1. The van der Waals surface area contributed by atoms with Crippen LogP contribution in [0.25, 0.3) is 21.7 Å². The third kappa shape index (κ3) is 5.05. The highest BCUT2D eigenvalue weighted by atomic mass is 32.2. The van der Waals surface area contributed by atoms with E-state index in [4.69, 9.17) is 9.47 Å². The zero-order valence-electron chi connectivity index (χ0n) is 24.4. The van der Waals surface area contributed by atoms with Gasteiger partial charge >= 0.3 is 0 Å². The number of amides is 2. The van der Waals surface area contributed by atoms with Gasteiger partial charge in [0, 0.05) is 48.7 Å². The number of carbonyl (C=O) groups is 2. The number of rotatable bonds is 7. The number of fused-ring (bicyclic) bond motifs is 3. The number of ether oxygens (including phenoxy) is 2. The topological polar surface area (TPSA) is 64.0 Å². The van der Waals surface area contributed by atoms with Crippen LogP contribution >= 0.6 is 23.1 Å². The monoisotopic (exact) mass is 593 g/mol. The second-order valence-electron chi connectivity index (χ2n) is 11.5. The van der Waals surface area contributed by atoms with Crippen molar-refractivity contribution in [2.75, 3.05) is 39.5 Å². The lowest BCUT2D eigenvalue weighted by Gasteiger charge is -2.42. The molecule has 2 aromatic heterocycles. The number of methoxy groups -OCH3 is 1. The maximum Gasteiger partial charge on any atom is 0.270 e. The summed E-state index contributed by atoms with van der Waals surface area (Å²) in [5, 5.41) is 2.08. The van der Waals surface area contributed by atoms with Crippen LogP contribution in [-0.4, -0.2) is 76.6 Å². The second-order valence-corrected chi connectivity index (χ2v) is 13.6. The van der Waals surface area contributed by atoms with E-state index in [1.54, 1.807) is 30.2 Å². The zero-order chi connectivity index (χ0) is 28.7. The van der Waals surface area contributed by atoms with Crippen molar-refractivity contribution in [3.8, 4) is 33.2 Å². The molecule has 3 aromatic rings. The number of aromatic nitrogens is 1. The first-order valence-corrected chi connectivity index (χ1v) is 16.7. The fraction of sp³-hybridized carbons (Fsp3) is 0.500. The number of benzene rings is 1. The van der Waals surface area contributed by atoms with Crippen molar-refractivity contribution < 1.29 is 19.1 Å². The van der Waals surface area contributed by atoms with Crippen LogP contribution < -0.4 is 9.47 Å². The van der Waals surface area contributed by atoms with Gasteiger partial charge in [-0.05, 0) is 87.4 Å². The first kappa shape index (κ1) is 28.2. The lowest BCUT2D eigenvalue weighted by atomic mass is 9.83. The molecule has 1 aliphatic carbocycles. The fourth-order valence-corrected chi connectivity index (χ4v) is 8.16. The predicted octanol–water partition coefficient (Wildman–Crippen LogP) is 6.20. The third-order valence-corrected chi connectivity index (χ3v) is 11.0. The molecule has 7 nitrogen and oxygen atoms in total. The first-order chi connectivity index (χ1) is 19.8. The number of aryl methyl sites for hydroxylation is 1. The molecule has 6 rings (SSSR count). The molecule has 1 saturated carbocycles. The highest BCUT2D eigenvalue weighted by molar-refractivity contribution is 8.00. The quantitative estimate of drug-likeness (QED) is 0.327. The lowest BCUT2D eigenvalue weighted by molar-refractivity contribution is -0.135. The molecule has 3 aliphatic rings. The van der Waals surface area contributed by atoms with Gasteiger partial charge < -0.3 is 23.8 Å². The summed E-state index contributed by atoms with van der Waals surface area (Å²) in [5.41, 5.74) is 5.14. The summed E-state index contributed by atoms with van der Waals surface area (Å²) in [4.78, 5) is 32.7. The smallest absolute Gasteiger partial charge is 0.270 e. The van der Waals surface area contributed by atoms with Gasteiger partial charge in [-0.15, -0.1) is 23.1 Å². The predicted molar refractivity (Wildman–Crippen MR) is 166 cm³/mol. The van der Waals surface area contributed by atoms with E-state index in [1.165, 1.54) is 5.56 Å². The minimum Gasteiger partial charge on any atom is -0.493 e. The Balaban J connectivity index is 1.34. The molecule has 0 atom stereocenters. The van der Waals surface area contributed by atoms with E-state index in [0.29, 0.717) is 31.9 Å². The van der Waals surface area contributed by atoms with Crippen LogP contribution in [0.5, 0.6) is 11.5 Å². The van der Waals surface area contributed by atoms with Gasteiger partial charge in [0.15, 0.2) is 11.5 Å². The summed E-state index contributed by atoms with van der Waals surface area (Å²) in [6.07, 6.45) is 6.71. The molecule has 1 saturated heterocycles. The Bertz CT molecular complexity index is 1440. The van der Waals surface area contributed by atoms with Gasteiger partial charge in [0.25, 0.3) is 5.91 Å². The average molecular weight is 594 g/mol. The van der Waals surface area contributed by atoms with Crippen molar-refractivity contribution in [1.82, 2.24) is 14.4 Å². The van der Waals surface area contributed by atoms with E-state index in [-0.39, 0.29) is 22.7 Å². The maximum atomic E-state index is 14.2. The first-order valence-electron chi connectivity index (χ1n) is 14.6. The summed E-state index contributed by atoms with van der Waals surface area (Å²) < 4.78 is 13.8. The minimum atomic E-state index is -0.246. The highest BCUT2D eigenvalue weighted by Gasteiger charge is 2.46. The van der Waals surface area contributed by atoms with Crippen molar-refractivity contribution in [3.63, 3.8) is 0 Å². The molecule has 0 unspecified atom stereocenters. The number of hydrogen-bond acceptors (Lipinski definition) is 6. The van der Waals surface area contributed by atoms with Gasteiger partial charge in [-0.2, -0.15) is 0 Å². The Hall–Kier alpha value is -2.91. The van der Waals surface area contributed by atoms with Crippen LogP contribution in [0, 0.1) is 0 Å². The minimum absolute atomic E-state index is 0.0100. The number of thioether (sulfide) groups is 1. The van der Waals surface area contributed by atoms with E-state index in [2.05, 4.69) is 46.5 Å². The Morgan fingerprint density at radius 2 is 1.76 bits per heavy atom. The Morgan fingerprint density at radius 1 is 0.976 bits per heavy atom. The molecule has 0 spiro atoms. The molecule has 2 aliphatic heterocycles. The van der Waals surface area contributed by atoms with Crippen molar-refractivity contribution in [3.05, 3.63) is 47.0 Å². The molecule has 41 heavy (non-hydrogen) atoms. The van der Waals surface area contributed by atoms with E-state index in [0.717, 1.165) is 71.8 Å². The lowest BCUT2D eigenvalue weighted by Crippen LogP contribution is -2.51. The molecule has 0 N–H and O–H groups in total. The zero-order valence-corrected chi connectivity index (χ0v) is 26.0. The molecule has 1 aromatic carbocycles. The number of hydrogen-bond donors (Lipinski definition) is 0. The molecule has 2 amide bonds. The normalized spacial score (nSPS) is 17.9. The molecule has 2 fully saturated rings. The summed E-state index contributed by atoms with van der Waals surface area (Å²) in [6.45, 7) is 7.27. The number of nitrogens with zero attached hydrogens (tertiary/aromatic N) is 3. The van der Waals surface area contributed by atoms with Gasteiger partial charge in [-0.1, -0.05) is 6.07 Å². The van der Waals surface area contributed by atoms with E-state index < -0.39 is 0 Å². The molecule has 0 bridgehead atoms. The van der Waals surface area contributed by atoms with Crippen LogP contribution in [0.15, 0.2) is 35.7 Å². The Kier molecular flexibility index (Phi) is 7.85. The summed E-state index contributed by atoms with van der Waals surface area (Å²) in [7, 11) is 1.68. The number of carbonyl (C=O) groups excluding carboxylic acids is 2. The third-order valence-electron chi connectivity index (χ3n) is 8.73. The molecule has 218 valence electrons. The summed E-state index contributed by atoms with van der Waals surface area (Å²) in [6, 6.07) is 10.4. The van der Waals surface area contributed by atoms with Crippen molar-refractivity contribution in [1.29, 1.82) is 0 Å². The molecular weight excluding hydrogens is 555 g/mol. The van der Waals surface area contributed by atoms with E-state index >= 15 is 0 Å². The molecular formula is C32H39N3O4S2. The van der Waals surface area contributed by atoms with Gasteiger partial charge in [0.2, 0.25) is 5.91 Å². The van der Waals surface area contributed by atoms with Gasteiger partial charge in [-0.3, -0.25) is 9.59 Å². The van der Waals surface area contributed by atoms with Crippen molar-refractivity contribution in [2.24, 2.45) is 0 Å². The van der Waals surface area contributed by atoms with Crippen molar-refractivity contribution >= 4 is 34.9 Å². The van der Waals surface area contributed by atoms with Crippen LogP contribution in [-0.2, 0) is 17.8 Å². The molecule has 4 heterocycles. The average Bonchev–Trinajstić information content (AvgIpc) is 3.54. The second kappa shape index (κ2) is 11.4. The summed E-state index contributed by atoms with van der Waals surface area (Å²) >= 11 is 3.38. The summed E-state index contributed by atoms with van der Waals surface area (Å²) in [5.74, 6) is 1.76. The van der Waals surface area contributed by atoms with Gasteiger partial charge in [-0.25, -0.2) is 0 Å². The van der Waals surface area contributed by atoms with Gasteiger partial charge in [0.05, 0.1) is 23.7 Å². The fourth-order valence-electron chi connectivity index (χ4n) is 6.41.